The van der Waals surface area contributed by atoms with E-state index in [1.807, 2.05) is 11.3 Å². The fraction of sp³-hybridized carbons (Fsp3) is 0.773. The molecular formula is C22H39N5S. The molecule has 1 aromatic heterocycles. The van der Waals surface area contributed by atoms with Gasteiger partial charge in [0.15, 0.2) is 5.96 Å². The van der Waals surface area contributed by atoms with Crippen LogP contribution >= 0.6 is 11.3 Å². The molecule has 1 aromatic rings. The molecule has 2 saturated heterocycles. The third-order valence-corrected chi connectivity index (χ3v) is 6.78. The van der Waals surface area contributed by atoms with Crippen molar-refractivity contribution < 1.29 is 0 Å². The van der Waals surface area contributed by atoms with Crippen molar-refractivity contribution in [1.29, 1.82) is 0 Å². The van der Waals surface area contributed by atoms with Crippen LogP contribution in [0.25, 0.3) is 0 Å². The molecule has 0 aromatic carbocycles. The maximum atomic E-state index is 4.83. The Hall–Kier alpha value is -1.27. The number of aliphatic imine (C=N–C) groups is 1. The fourth-order valence-electron chi connectivity index (χ4n) is 4.21. The zero-order valence-electron chi connectivity index (χ0n) is 17.7. The highest BCUT2D eigenvalue weighted by molar-refractivity contribution is 7.14. The Morgan fingerprint density at radius 2 is 1.93 bits per heavy atom. The first-order valence-corrected chi connectivity index (χ1v) is 12.3. The molecule has 5 nitrogen and oxygen atoms in total. The van der Waals surface area contributed by atoms with Crippen LogP contribution in [0.5, 0.6) is 0 Å². The highest BCUT2D eigenvalue weighted by atomic mass is 32.1. The van der Waals surface area contributed by atoms with Gasteiger partial charge in [-0.3, -0.25) is 4.99 Å². The summed E-state index contributed by atoms with van der Waals surface area (Å²) in [4.78, 5) is 9.98. The first kappa shape index (κ1) is 21.4. The number of guanidine groups is 1. The molecule has 6 heteroatoms. The number of hydrogen-bond donors (Lipinski definition) is 2. The van der Waals surface area contributed by atoms with Gasteiger partial charge in [0, 0.05) is 32.2 Å². The van der Waals surface area contributed by atoms with Crippen LogP contribution in [0.1, 0.15) is 58.3 Å². The van der Waals surface area contributed by atoms with Crippen LogP contribution in [-0.4, -0.2) is 62.7 Å². The minimum atomic E-state index is 0.535. The van der Waals surface area contributed by atoms with Gasteiger partial charge < -0.3 is 20.4 Å². The van der Waals surface area contributed by atoms with Gasteiger partial charge in [-0.1, -0.05) is 12.8 Å². The Bertz CT molecular complexity index is 545. The summed E-state index contributed by atoms with van der Waals surface area (Å²) in [7, 11) is 0. The predicted octanol–water partition coefficient (Wildman–Crippen LogP) is 3.93. The van der Waals surface area contributed by atoms with Crippen molar-refractivity contribution in [2.24, 2.45) is 4.99 Å². The van der Waals surface area contributed by atoms with Crippen molar-refractivity contribution in [3.05, 3.63) is 17.5 Å². The Morgan fingerprint density at radius 1 is 1.11 bits per heavy atom. The van der Waals surface area contributed by atoms with Crippen molar-refractivity contribution >= 4 is 22.3 Å². The van der Waals surface area contributed by atoms with Crippen molar-refractivity contribution in [1.82, 2.24) is 15.5 Å². The van der Waals surface area contributed by atoms with E-state index in [2.05, 4.69) is 44.9 Å². The summed E-state index contributed by atoms with van der Waals surface area (Å²) in [6.07, 6.45) is 10.4. The van der Waals surface area contributed by atoms with Gasteiger partial charge in [-0.25, -0.2) is 0 Å². The number of hydrogen-bond acceptors (Lipinski definition) is 4. The van der Waals surface area contributed by atoms with E-state index < -0.39 is 0 Å². The number of nitrogens with zero attached hydrogens (tertiary/aromatic N) is 3. The Balaban J connectivity index is 1.31. The quantitative estimate of drug-likeness (QED) is 0.371. The van der Waals surface area contributed by atoms with Gasteiger partial charge in [0.05, 0.1) is 5.00 Å². The summed E-state index contributed by atoms with van der Waals surface area (Å²) in [5, 5.41) is 10.7. The average molecular weight is 406 g/mol. The molecule has 0 aliphatic carbocycles. The van der Waals surface area contributed by atoms with Crippen molar-refractivity contribution in [2.45, 2.75) is 64.3 Å². The molecular weight excluding hydrogens is 366 g/mol. The van der Waals surface area contributed by atoms with Gasteiger partial charge in [0.25, 0.3) is 0 Å². The van der Waals surface area contributed by atoms with Crippen LogP contribution < -0.4 is 15.5 Å². The van der Waals surface area contributed by atoms with Gasteiger partial charge in [0.1, 0.15) is 0 Å². The molecule has 2 fully saturated rings. The van der Waals surface area contributed by atoms with Crippen LogP contribution in [0, 0.1) is 0 Å². The number of nitrogens with one attached hydrogen (secondary N) is 2. The van der Waals surface area contributed by atoms with E-state index in [4.69, 9.17) is 4.99 Å². The lowest BCUT2D eigenvalue weighted by Gasteiger charge is -2.33. The normalized spacial score (nSPS) is 19.8. The molecule has 2 aliphatic heterocycles. The van der Waals surface area contributed by atoms with Gasteiger partial charge >= 0.3 is 0 Å². The summed E-state index contributed by atoms with van der Waals surface area (Å²) < 4.78 is 0. The molecule has 0 saturated carbocycles. The lowest BCUT2D eigenvalue weighted by Crippen LogP contribution is -2.48. The zero-order chi connectivity index (χ0) is 19.4. The number of anilines is 1. The second-order valence-corrected chi connectivity index (χ2v) is 9.01. The molecule has 158 valence electrons. The molecule has 0 bridgehead atoms. The predicted molar refractivity (Wildman–Crippen MR) is 123 cm³/mol. The number of thiophene rings is 1. The molecule has 0 unspecified atom stereocenters. The molecule has 2 N–H and O–H groups in total. The summed E-state index contributed by atoms with van der Waals surface area (Å²) in [5.74, 6) is 1.01. The summed E-state index contributed by atoms with van der Waals surface area (Å²) in [6.45, 7) is 10.2. The fourth-order valence-corrected chi connectivity index (χ4v) is 4.99. The molecule has 2 aliphatic rings. The van der Waals surface area contributed by atoms with Crippen LogP contribution in [0.2, 0.25) is 0 Å². The average Bonchev–Trinajstić information content (AvgIpc) is 3.27. The van der Waals surface area contributed by atoms with Crippen LogP contribution in [0.3, 0.4) is 0 Å². The standard InChI is InChI=1S/C22H39N5S/c1-2-23-22(24-13-5-3-6-14-26-15-7-4-8-16-26)25-20-11-17-27(18-12-20)21-10-9-19-28-21/h9-10,19-20H,2-8,11-18H2,1H3,(H2,23,24,25). The maximum absolute atomic E-state index is 4.83. The van der Waals surface area contributed by atoms with E-state index >= 15 is 0 Å². The second-order valence-electron chi connectivity index (χ2n) is 8.08. The summed E-state index contributed by atoms with van der Waals surface area (Å²) >= 11 is 1.85. The van der Waals surface area contributed by atoms with E-state index in [1.54, 1.807) is 0 Å². The molecule has 3 rings (SSSR count). The van der Waals surface area contributed by atoms with E-state index in [1.165, 1.54) is 76.0 Å². The van der Waals surface area contributed by atoms with Crippen molar-refractivity contribution in [2.75, 3.05) is 50.7 Å². The third-order valence-electron chi connectivity index (χ3n) is 5.85. The Morgan fingerprint density at radius 3 is 2.64 bits per heavy atom. The molecule has 0 atom stereocenters. The largest absolute Gasteiger partial charge is 0.363 e. The third kappa shape index (κ3) is 7.28. The van der Waals surface area contributed by atoms with E-state index in [-0.39, 0.29) is 0 Å². The van der Waals surface area contributed by atoms with E-state index in [0.29, 0.717) is 6.04 Å². The van der Waals surface area contributed by atoms with Crippen LogP contribution in [-0.2, 0) is 0 Å². The van der Waals surface area contributed by atoms with Crippen LogP contribution in [0.4, 0.5) is 5.00 Å². The smallest absolute Gasteiger partial charge is 0.191 e. The maximum Gasteiger partial charge on any atom is 0.191 e. The minimum Gasteiger partial charge on any atom is -0.363 e. The zero-order valence-corrected chi connectivity index (χ0v) is 18.5. The highest BCUT2D eigenvalue weighted by Gasteiger charge is 2.20. The molecule has 28 heavy (non-hydrogen) atoms. The monoisotopic (exact) mass is 405 g/mol. The molecule has 0 spiro atoms. The number of likely N-dealkylation sites (tertiary alicyclic amines) is 1. The second kappa shape index (κ2) is 12.3. The van der Waals surface area contributed by atoms with Gasteiger partial charge in [-0.05, 0) is 82.6 Å². The minimum absolute atomic E-state index is 0.535. The molecule has 0 amide bonds. The SMILES string of the molecule is CCNC(=NCCCCCN1CCCCC1)NC1CCN(c2cccs2)CC1. The van der Waals surface area contributed by atoms with E-state index in [0.717, 1.165) is 32.1 Å². The first-order valence-electron chi connectivity index (χ1n) is 11.4. The van der Waals surface area contributed by atoms with Gasteiger partial charge in [-0.2, -0.15) is 0 Å². The Labute approximate surface area is 175 Å². The summed E-state index contributed by atoms with van der Waals surface area (Å²) in [5.41, 5.74) is 0. The van der Waals surface area contributed by atoms with E-state index in [9.17, 15) is 0 Å². The lowest BCUT2D eigenvalue weighted by atomic mass is 10.1. The van der Waals surface area contributed by atoms with Gasteiger partial charge in [0.2, 0.25) is 0 Å². The molecule has 0 radical (unpaired) electrons. The topological polar surface area (TPSA) is 42.9 Å². The number of unbranched alkanes of at least 4 members (excludes halogenated alkanes) is 2. The highest BCUT2D eigenvalue weighted by Crippen LogP contribution is 2.24. The summed E-state index contributed by atoms with van der Waals surface area (Å²) in [6, 6.07) is 4.91. The van der Waals surface area contributed by atoms with Crippen molar-refractivity contribution in [3.8, 4) is 0 Å². The van der Waals surface area contributed by atoms with Gasteiger partial charge in [-0.15, -0.1) is 11.3 Å². The number of piperidine rings is 2. The lowest BCUT2D eigenvalue weighted by molar-refractivity contribution is 0.224. The van der Waals surface area contributed by atoms with Crippen molar-refractivity contribution in [3.63, 3.8) is 0 Å². The number of rotatable bonds is 9. The Kier molecular flexibility index (Phi) is 9.44. The first-order chi connectivity index (χ1) is 13.8. The van der Waals surface area contributed by atoms with Crippen LogP contribution in [0.15, 0.2) is 22.5 Å². The molecule has 3 heterocycles.